The maximum atomic E-state index is 5.95. The van der Waals surface area contributed by atoms with Crippen LogP contribution in [0.2, 0.25) is 0 Å². The first-order chi connectivity index (χ1) is 10.8. The first kappa shape index (κ1) is 17.0. The third kappa shape index (κ3) is 4.58. The first-order valence-electron chi connectivity index (χ1n) is 8.98. The van der Waals surface area contributed by atoms with E-state index in [2.05, 4.69) is 50.3 Å². The lowest BCUT2D eigenvalue weighted by Gasteiger charge is -2.19. The number of nitrogens with two attached hydrogens (primary N) is 1. The number of rotatable bonds is 8. The fourth-order valence-electron chi connectivity index (χ4n) is 3.25. The molecule has 0 fully saturated rings. The average molecular weight is 297 g/mol. The Kier molecular flexibility index (Phi) is 6.92. The molecule has 0 aromatic heterocycles. The van der Waals surface area contributed by atoms with Crippen molar-refractivity contribution < 1.29 is 0 Å². The molecule has 0 heterocycles. The van der Waals surface area contributed by atoms with Gasteiger partial charge in [-0.2, -0.15) is 0 Å². The van der Waals surface area contributed by atoms with E-state index < -0.39 is 0 Å². The molecule has 0 aliphatic heterocycles. The summed E-state index contributed by atoms with van der Waals surface area (Å²) in [6, 6.07) is 6.98. The Balaban J connectivity index is 2.10. The molecule has 0 saturated heterocycles. The van der Waals surface area contributed by atoms with Crippen LogP contribution in [0.3, 0.4) is 0 Å². The van der Waals surface area contributed by atoms with Crippen molar-refractivity contribution in [2.45, 2.75) is 64.7 Å². The van der Waals surface area contributed by atoms with E-state index in [1.165, 1.54) is 60.8 Å². The van der Waals surface area contributed by atoms with E-state index in [4.69, 9.17) is 5.73 Å². The third-order valence-electron chi connectivity index (χ3n) is 4.64. The summed E-state index contributed by atoms with van der Waals surface area (Å²) in [6.45, 7) is 5.24. The van der Waals surface area contributed by atoms with Crippen LogP contribution in [0, 0.1) is 0 Å². The van der Waals surface area contributed by atoms with E-state index in [-0.39, 0.29) is 0 Å². The molecule has 2 rings (SSSR count). The molecule has 2 N–H and O–H groups in total. The van der Waals surface area contributed by atoms with Gasteiger partial charge < -0.3 is 5.73 Å². The van der Waals surface area contributed by atoms with Gasteiger partial charge >= 0.3 is 0 Å². The maximum absolute atomic E-state index is 5.95. The topological polar surface area (TPSA) is 26.0 Å². The van der Waals surface area contributed by atoms with Crippen LogP contribution in [0.1, 0.15) is 75.0 Å². The summed E-state index contributed by atoms with van der Waals surface area (Å²) < 4.78 is 0. The van der Waals surface area contributed by atoms with Gasteiger partial charge in [-0.1, -0.05) is 69.5 Å². The van der Waals surface area contributed by atoms with Gasteiger partial charge in [-0.15, -0.1) is 0 Å². The Hall–Kier alpha value is -1.34. The van der Waals surface area contributed by atoms with Crippen LogP contribution in [0.4, 0.5) is 0 Å². The number of fused-ring (bicyclic) bond motifs is 1. The van der Waals surface area contributed by atoms with Gasteiger partial charge in [0.05, 0.1) is 0 Å². The van der Waals surface area contributed by atoms with E-state index >= 15 is 0 Å². The molecule has 0 amide bonds. The Labute approximate surface area is 136 Å². The smallest absolute Gasteiger partial charge is 0.000824 e. The zero-order chi connectivity index (χ0) is 15.8. The Morgan fingerprint density at radius 3 is 2.77 bits per heavy atom. The molecule has 0 radical (unpaired) electrons. The second-order valence-electron chi connectivity index (χ2n) is 6.44. The molecular weight excluding hydrogens is 266 g/mol. The minimum absolute atomic E-state index is 0.523. The lowest BCUT2D eigenvalue weighted by atomic mass is 9.86. The number of benzene rings is 1. The van der Waals surface area contributed by atoms with Crippen molar-refractivity contribution in [1.82, 2.24) is 0 Å². The largest absolute Gasteiger partial charge is 0.330 e. The molecule has 1 aromatic rings. The monoisotopic (exact) mass is 297 g/mol. The SMILES string of the molecule is CCCC/C=C/C1=Cc2ccc(C(CN)CCC)cc2CC1. The van der Waals surface area contributed by atoms with Crippen molar-refractivity contribution in [3.05, 3.63) is 52.6 Å². The lowest BCUT2D eigenvalue weighted by molar-refractivity contribution is 0.621. The van der Waals surface area contributed by atoms with Gasteiger partial charge in [-0.3, -0.25) is 0 Å². The maximum Gasteiger partial charge on any atom is -0.000824 e. The van der Waals surface area contributed by atoms with Crippen molar-refractivity contribution in [1.29, 1.82) is 0 Å². The zero-order valence-electron chi connectivity index (χ0n) is 14.3. The van der Waals surface area contributed by atoms with Crippen molar-refractivity contribution in [3.63, 3.8) is 0 Å². The highest BCUT2D eigenvalue weighted by molar-refractivity contribution is 5.62. The van der Waals surface area contributed by atoms with Crippen LogP contribution in [-0.4, -0.2) is 6.54 Å². The predicted molar refractivity (Wildman–Crippen MR) is 98.1 cm³/mol. The number of aryl methyl sites for hydroxylation is 1. The van der Waals surface area contributed by atoms with E-state index in [9.17, 15) is 0 Å². The molecule has 0 saturated carbocycles. The molecule has 22 heavy (non-hydrogen) atoms. The summed E-state index contributed by atoms with van der Waals surface area (Å²) in [7, 11) is 0. The summed E-state index contributed by atoms with van der Waals surface area (Å²) in [5.41, 5.74) is 11.7. The number of unbranched alkanes of at least 4 members (excludes halogenated alkanes) is 2. The summed E-state index contributed by atoms with van der Waals surface area (Å²) >= 11 is 0. The van der Waals surface area contributed by atoms with Crippen molar-refractivity contribution in [2.75, 3.05) is 6.54 Å². The molecule has 1 atom stereocenters. The van der Waals surface area contributed by atoms with Crippen molar-refractivity contribution in [3.8, 4) is 0 Å². The quantitative estimate of drug-likeness (QED) is 0.620. The van der Waals surface area contributed by atoms with E-state index in [0.29, 0.717) is 5.92 Å². The fourth-order valence-corrected chi connectivity index (χ4v) is 3.25. The Morgan fingerprint density at radius 1 is 1.18 bits per heavy atom. The second-order valence-corrected chi connectivity index (χ2v) is 6.44. The van der Waals surface area contributed by atoms with Crippen LogP contribution in [0.25, 0.3) is 6.08 Å². The van der Waals surface area contributed by atoms with Crippen molar-refractivity contribution >= 4 is 6.08 Å². The average Bonchev–Trinajstić information content (AvgIpc) is 2.56. The molecule has 1 aliphatic carbocycles. The molecule has 1 heteroatoms. The summed E-state index contributed by atoms with van der Waals surface area (Å²) in [5, 5.41) is 0. The standard InChI is InChI=1S/C21H31N/c1-3-5-6-7-9-17-10-11-19-15-20(13-12-18(19)14-17)21(16-22)8-4-2/h7,9,12-15,21H,3-6,8,10-11,16,22H2,1-2H3/b9-7+. The molecule has 0 spiro atoms. The van der Waals surface area contributed by atoms with Gasteiger partial charge in [0.2, 0.25) is 0 Å². The molecule has 1 unspecified atom stereocenters. The van der Waals surface area contributed by atoms with Crippen LogP contribution in [0.5, 0.6) is 0 Å². The predicted octanol–water partition coefficient (Wildman–Crippen LogP) is 5.61. The van der Waals surface area contributed by atoms with Crippen LogP contribution < -0.4 is 5.73 Å². The van der Waals surface area contributed by atoms with Gasteiger partial charge in [0.15, 0.2) is 0 Å². The third-order valence-corrected chi connectivity index (χ3v) is 4.64. The second kappa shape index (κ2) is 8.95. The Bertz CT molecular complexity index is 525. The van der Waals surface area contributed by atoms with Crippen LogP contribution in [-0.2, 0) is 6.42 Å². The molecular formula is C21H31N. The summed E-state index contributed by atoms with van der Waals surface area (Å²) in [5.74, 6) is 0.523. The highest BCUT2D eigenvalue weighted by Gasteiger charge is 2.13. The van der Waals surface area contributed by atoms with Crippen molar-refractivity contribution in [2.24, 2.45) is 5.73 Å². The molecule has 1 aromatic carbocycles. The summed E-state index contributed by atoms with van der Waals surface area (Å²) in [4.78, 5) is 0. The van der Waals surface area contributed by atoms with Gasteiger partial charge in [0, 0.05) is 0 Å². The first-order valence-corrected chi connectivity index (χ1v) is 8.98. The van der Waals surface area contributed by atoms with E-state index in [0.717, 1.165) is 13.0 Å². The minimum atomic E-state index is 0.523. The zero-order valence-corrected chi connectivity index (χ0v) is 14.3. The van der Waals surface area contributed by atoms with Gasteiger partial charge in [-0.05, 0) is 60.4 Å². The number of hydrogen-bond acceptors (Lipinski definition) is 1. The molecule has 1 nitrogen and oxygen atoms in total. The normalized spacial score (nSPS) is 15.7. The highest BCUT2D eigenvalue weighted by Crippen LogP contribution is 2.29. The Morgan fingerprint density at radius 2 is 2.05 bits per heavy atom. The molecule has 120 valence electrons. The van der Waals surface area contributed by atoms with E-state index in [1.54, 1.807) is 0 Å². The highest BCUT2D eigenvalue weighted by atomic mass is 14.5. The summed E-state index contributed by atoms with van der Waals surface area (Å²) in [6.07, 6.45) is 15.5. The molecule has 0 bridgehead atoms. The van der Waals surface area contributed by atoms with Gasteiger partial charge in [-0.25, -0.2) is 0 Å². The number of allylic oxidation sites excluding steroid dienone is 3. The van der Waals surface area contributed by atoms with E-state index in [1.807, 2.05) is 0 Å². The lowest BCUT2D eigenvalue weighted by Crippen LogP contribution is -2.13. The minimum Gasteiger partial charge on any atom is -0.330 e. The fraction of sp³-hybridized carbons (Fsp3) is 0.524. The number of hydrogen-bond donors (Lipinski definition) is 1. The molecule has 1 aliphatic rings. The van der Waals surface area contributed by atoms with Crippen LogP contribution in [0.15, 0.2) is 35.9 Å². The van der Waals surface area contributed by atoms with Crippen LogP contribution >= 0.6 is 0 Å². The van der Waals surface area contributed by atoms with Gasteiger partial charge in [0.1, 0.15) is 0 Å². The van der Waals surface area contributed by atoms with Gasteiger partial charge in [0.25, 0.3) is 0 Å².